The van der Waals surface area contributed by atoms with Crippen molar-refractivity contribution in [1.82, 2.24) is 0 Å². The van der Waals surface area contributed by atoms with Gasteiger partial charge in [0.2, 0.25) is 5.91 Å². The zero-order chi connectivity index (χ0) is 15.2. The second-order valence-corrected chi connectivity index (χ2v) is 7.52. The monoisotopic (exact) mass is 306 g/mol. The van der Waals surface area contributed by atoms with Crippen LogP contribution in [0, 0.1) is 5.92 Å². The summed E-state index contributed by atoms with van der Waals surface area (Å²) in [6.45, 7) is 4.09. The maximum Gasteiger partial charge on any atom is 0.225 e. The van der Waals surface area contributed by atoms with Crippen LogP contribution in [-0.2, 0) is 4.79 Å². The Labute approximate surface area is 132 Å². The fourth-order valence-electron chi connectivity index (χ4n) is 2.51. The molecule has 1 fully saturated rings. The summed E-state index contributed by atoms with van der Waals surface area (Å²) in [6.07, 6.45) is 5.60. The standard InChI is InChI=1S/C17H26N2OS/c1-12(2)14(18)11-17(20)19-15-9-5-6-10-16(15)21-13-7-3-4-8-13/h5-6,9-10,12-14H,3-4,7-8,11,18H2,1-2H3,(H,19,20). The molecule has 0 heterocycles. The summed E-state index contributed by atoms with van der Waals surface area (Å²) in [5.74, 6) is 0.328. The van der Waals surface area contributed by atoms with E-state index >= 15 is 0 Å². The first-order valence-corrected chi connectivity index (χ1v) is 8.75. The quantitative estimate of drug-likeness (QED) is 0.834. The van der Waals surface area contributed by atoms with Gasteiger partial charge in [-0.3, -0.25) is 4.79 Å². The first kappa shape index (κ1) is 16.4. The van der Waals surface area contributed by atoms with Gasteiger partial charge in [-0.15, -0.1) is 11.8 Å². The van der Waals surface area contributed by atoms with Gasteiger partial charge in [-0.05, 0) is 30.9 Å². The Morgan fingerprint density at radius 2 is 2.00 bits per heavy atom. The van der Waals surface area contributed by atoms with E-state index in [-0.39, 0.29) is 11.9 Å². The SMILES string of the molecule is CC(C)C(N)CC(=O)Nc1ccccc1SC1CCCC1. The molecule has 1 aliphatic rings. The summed E-state index contributed by atoms with van der Waals surface area (Å²) >= 11 is 1.90. The van der Waals surface area contributed by atoms with Gasteiger partial charge in [0.15, 0.2) is 0 Å². The van der Waals surface area contributed by atoms with Crippen molar-refractivity contribution in [2.75, 3.05) is 5.32 Å². The largest absolute Gasteiger partial charge is 0.327 e. The molecule has 0 aromatic heterocycles. The number of nitrogens with one attached hydrogen (secondary N) is 1. The minimum atomic E-state index is -0.0837. The molecule has 3 nitrogen and oxygen atoms in total. The Bertz CT molecular complexity index is 470. The van der Waals surface area contributed by atoms with Gasteiger partial charge in [-0.1, -0.05) is 38.8 Å². The smallest absolute Gasteiger partial charge is 0.225 e. The lowest BCUT2D eigenvalue weighted by molar-refractivity contribution is -0.116. The van der Waals surface area contributed by atoms with Crippen LogP contribution in [-0.4, -0.2) is 17.2 Å². The van der Waals surface area contributed by atoms with Crippen molar-refractivity contribution in [3.8, 4) is 0 Å². The number of benzene rings is 1. The number of hydrogen-bond donors (Lipinski definition) is 2. The van der Waals surface area contributed by atoms with Crippen molar-refractivity contribution in [2.45, 2.75) is 62.1 Å². The first-order chi connectivity index (χ1) is 10.1. The first-order valence-electron chi connectivity index (χ1n) is 7.87. The molecule has 1 saturated carbocycles. The molecular formula is C17H26N2OS. The molecule has 1 aromatic rings. The molecule has 116 valence electrons. The van der Waals surface area contributed by atoms with Gasteiger partial charge in [0.25, 0.3) is 0 Å². The van der Waals surface area contributed by atoms with Crippen molar-refractivity contribution < 1.29 is 4.79 Å². The summed E-state index contributed by atoms with van der Waals surface area (Å²) in [6, 6.07) is 8.00. The molecule has 1 unspecified atom stereocenters. The Kier molecular flexibility index (Phi) is 6.12. The van der Waals surface area contributed by atoms with E-state index in [2.05, 4.69) is 11.4 Å². The maximum absolute atomic E-state index is 12.1. The van der Waals surface area contributed by atoms with Crippen LogP contribution >= 0.6 is 11.8 Å². The second-order valence-electron chi connectivity index (χ2n) is 6.18. The number of amides is 1. The predicted molar refractivity (Wildman–Crippen MR) is 90.6 cm³/mol. The van der Waals surface area contributed by atoms with Crippen LogP contribution in [0.1, 0.15) is 46.0 Å². The van der Waals surface area contributed by atoms with Crippen LogP contribution in [0.3, 0.4) is 0 Å². The molecule has 0 spiro atoms. The minimum absolute atomic E-state index is 0.00988. The molecule has 1 amide bonds. The topological polar surface area (TPSA) is 55.1 Å². The number of para-hydroxylation sites is 1. The maximum atomic E-state index is 12.1. The van der Waals surface area contributed by atoms with E-state index in [0.29, 0.717) is 17.6 Å². The summed E-state index contributed by atoms with van der Waals surface area (Å²) in [7, 11) is 0. The lowest BCUT2D eigenvalue weighted by Crippen LogP contribution is -2.31. The fourth-order valence-corrected chi connectivity index (χ4v) is 3.84. The molecule has 1 aromatic carbocycles. The average molecular weight is 306 g/mol. The van der Waals surface area contributed by atoms with Gasteiger partial charge in [0.1, 0.15) is 0 Å². The van der Waals surface area contributed by atoms with Crippen LogP contribution in [0.2, 0.25) is 0 Å². The molecule has 21 heavy (non-hydrogen) atoms. The lowest BCUT2D eigenvalue weighted by Gasteiger charge is -2.17. The molecular weight excluding hydrogens is 280 g/mol. The van der Waals surface area contributed by atoms with Crippen molar-refractivity contribution in [1.29, 1.82) is 0 Å². The van der Waals surface area contributed by atoms with Gasteiger partial charge in [0, 0.05) is 22.6 Å². The number of carbonyl (C=O) groups excluding carboxylic acids is 1. The molecule has 0 aliphatic heterocycles. The zero-order valence-electron chi connectivity index (χ0n) is 13.0. The van der Waals surface area contributed by atoms with E-state index < -0.39 is 0 Å². The highest BCUT2D eigenvalue weighted by Gasteiger charge is 2.19. The number of thioether (sulfide) groups is 1. The van der Waals surface area contributed by atoms with Gasteiger partial charge in [0.05, 0.1) is 5.69 Å². The highest BCUT2D eigenvalue weighted by atomic mass is 32.2. The Morgan fingerprint density at radius 1 is 1.33 bits per heavy atom. The molecule has 3 N–H and O–H groups in total. The Morgan fingerprint density at radius 3 is 2.67 bits per heavy atom. The molecule has 1 aliphatic carbocycles. The van der Waals surface area contributed by atoms with Crippen LogP contribution < -0.4 is 11.1 Å². The van der Waals surface area contributed by atoms with Crippen LogP contribution in [0.15, 0.2) is 29.2 Å². The van der Waals surface area contributed by atoms with Gasteiger partial charge < -0.3 is 11.1 Å². The highest BCUT2D eigenvalue weighted by molar-refractivity contribution is 8.00. The van der Waals surface area contributed by atoms with Crippen molar-refractivity contribution in [2.24, 2.45) is 11.7 Å². The third kappa shape index (κ3) is 5.04. The van der Waals surface area contributed by atoms with E-state index in [1.807, 2.05) is 43.8 Å². The number of nitrogens with two attached hydrogens (primary N) is 1. The third-order valence-corrected chi connectivity index (χ3v) is 5.45. The molecule has 2 rings (SSSR count). The molecule has 0 radical (unpaired) electrons. The fraction of sp³-hybridized carbons (Fsp3) is 0.588. The second kappa shape index (κ2) is 7.85. The summed E-state index contributed by atoms with van der Waals surface area (Å²) in [5, 5.41) is 3.73. The number of rotatable bonds is 6. The van der Waals surface area contributed by atoms with Gasteiger partial charge in [-0.25, -0.2) is 0 Å². The lowest BCUT2D eigenvalue weighted by atomic mass is 10.0. The van der Waals surface area contributed by atoms with Crippen LogP contribution in [0.4, 0.5) is 5.69 Å². The van der Waals surface area contributed by atoms with Gasteiger partial charge >= 0.3 is 0 Å². The van der Waals surface area contributed by atoms with Crippen LogP contribution in [0.5, 0.6) is 0 Å². The van der Waals surface area contributed by atoms with Crippen molar-refractivity contribution in [3.63, 3.8) is 0 Å². The van der Waals surface area contributed by atoms with Crippen molar-refractivity contribution in [3.05, 3.63) is 24.3 Å². The summed E-state index contributed by atoms with van der Waals surface area (Å²) < 4.78 is 0. The Balaban J connectivity index is 1.97. The number of hydrogen-bond acceptors (Lipinski definition) is 3. The Hall–Kier alpha value is -1.00. The molecule has 4 heteroatoms. The van der Waals surface area contributed by atoms with Gasteiger partial charge in [-0.2, -0.15) is 0 Å². The number of carbonyl (C=O) groups is 1. The molecule has 0 saturated heterocycles. The third-order valence-electron chi connectivity index (χ3n) is 4.03. The number of anilines is 1. The van der Waals surface area contributed by atoms with Crippen LogP contribution in [0.25, 0.3) is 0 Å². The predicted octanol–water partition coefficient (Wildman–Crippen LogP) is 4.03. The normalized spacial score (nSPS) is 17.1. The zero-order valence-corrected chi connectivity index (χ0v) is 13.8. The minimum Gasteiger partial charge on any atom is -0.327 e. The molecule has 0 bridgehead atoms. The van der Waals surface area contributed by atoms with E-state index in [1.54, 1.807) is 0 Å². The van der Waals surface area contributed by atoms with E-state index in [1.165, 1.54) is 30.6 Å². The summed E-state index contributed by atoms with van der Waals surface area (Å²) in [5.41, 5.74) is 6.90. The summed E-state index contributed by atoms with van der Waals surface area (Å²) in [4.78, 5) is 13.3. The van der Waals surface area contributed by atoms with E-state index in [4.69, 9.17) is 5.73 Å². The van der Waals surface area contributed by atoms with E-state index in [0.717, 1.165) is 5.69 Å². The average Bonchev–Trinajstić information content (AvgIpc) is 2.93. The van der Waals surface area contributed by atoms with E-state index in [9.17, 15) is 4.79 Å². The van der Waals surface area contributed by atoms with Crippen molar-refractivity contribution >= 4 is 23.4 Å². The molecule has 1 atom stereocenters. The highest BCUT2D eigenvalue weighted by Crippen LogP contribution is 2.38.